The third kappa shape index (κ3) is 2.68. The molecule has 0 atom stereocenters. The van der Waals surface area contributed by atoms with Crippen LogP contribution < -0.4 is 5.73 Å². The average molecular weight is 276 g/mol. The summed E-state index contributed by atoms with van der Waals surface area (Å²) in [7, 11) is 0. The van der Waals surface area contributed by atoms with E-state index in [2.05, 4.69) is 49.6 Å². The first-order valence-corrected chi connectivity index (χ1v) is 7.61. The Labute approximate surface area is 119 Å². The molecule has 0 bridgehead atoms. The van der Waals surface area contributed by atoms with E-state index >= 15 is 0 Å². The highest BCUT2D eigenvalue weighted by molar-refractivity contribution is 8.13. The number of nitrogens with two attached hydrogens (primary N) is 1. The van der Waals surface area contributed by atoms with Crippen LogP contribution in [0.5, 0.6) is 0 Å². The van der Waals surface area contributed by atoms with Crippen LogP contribution in [0.25, 0.3) is 0 Å². The molecular weight excluding hydrogens is 254 g/mol. The minimum absolute atomic E-state index is 0.115. The summed E-state index contributed by atoms with van der Waals surface area (Å²) in [6.45, 7) is 7.78. The predicted molar refractivity (Wildman–Crippen MR) is 83.9 cm³/mol. The highest BCUT2D eigenvalue weighted by atomic mass is 32.2. The zero-order valence-electron chi connectivity index (χ0n) is 11.9. The van der Waals surface area contributed by atoms with Crippen LogP contribution in [0.15, 0.2) is 24.3 Å². The zero-order chi connectivity index (χ0) is 14.0. The van der Waals surface area contributed by atoms with Crippen LogP contribution in [0.3, 0.4) is 0 Å². The summed E-state index contributed by atoms with van der Waals surface area (Å²) < 4.78 is 2.41. The maximum atomic E-state index is 7.22. The van der Waals surface area contributed by atoms with Crippen LogP contribution in [0, 0.1) is 5.41 Å². The molecule has 3 N–H and O–H groups in total. The summed E-state index contributed by atoms with van der Waals surface area (Å²) in [5.41, 5.74) is 9.62. The second-order valence-corrected chi connectivity index (χ2v) is 6.58. The highest BCUT2D eigenvalue weighted by Crippen LogP contribution is 2.39. The second-order valence-electron chi connectivity index (χ2n) is 5.45. The Morgan fingerprint density at radius 2 is 2.05 bits per heavy atom. The Kier molecular flexibility index (Phi) is 3.99. The Hall–Kier alpha value is -1.29. The molecule has 0 saturated heterocycles. The van der Waals surface area contributed by atoms with E-state index in [1.165, 1.54) is 28.7 Å². The van der Waals surface area contributed by atoms with Crippen molar-refractivity contribution < 1.29 is 4.58 Å². The van der Waals surface area contributed by atoms with Gasteiger partial charge in [-0.1, -0.05) is 30.0 Å². The Balaban J connectivity index is 2.16. The van der Waals surface area contributed by atoms with Crippen LogP contribution in [-0.2, 0) is 5.41 Å². The molecule has 0 amide bonds. The standard InChI is InChI=1S/C15H22N3S/c1-11-15(2,3)12-7-4-5-8-13(12)18(11)9-6-10-19-14(16)17/h4-5,7-8H,6,9-10H2,1-3H3,(H3,16,17)/q+1. The fraction of sp³-hybridized carbons (Fsp3) is 0.467. The molecule has 0 radical (unpaired) electrons. The summed E-state index contributed by atoms with van der Waals surface area (Å²) >= 11 is 1.42. The van der Waals surface area contributed by atoms with E-state index in [1.54, 1.807) is 0 Å². The molecule has 0 unspecified atom stereocenters. The fourth-order valence-corrected chi connectivity index (χ4v) is 3.14. The zero-order valence-corrected chi connectivity index (χ0v) is 12.7. The Morgan fingerprint density at radius 3 is 2.74 bits per heavy atom. The first-order chi connectivity index (χ1) is 8.94. The van der Waals surface area contributed by atoms with Crippen LogP contribution in [0.2, 0.25) is 0 Å². The highest BCUT2D eigenvalue weighted by Gasteiger charge is 2.42. The van der Waals surface area contributed by atoms with Crippen LogP contribution >= 0.6 is 11.8 Å². The minimum Gasteiger partial charge on any atom is -0.379 e. The van der Waals surface area contributed by atoms with E-state index in [0.29, 0.717) is 0 Å². The Morgan fingerprint density at radius 1 is 1.37 bits per heavy atom. The number of nitrogens with zero attached hydrogens (tertiary/aromatic N) is 1. The molecule has 0 aliphatic carbocycles. The van der Waals surface area contributed by atoms with E-state index in [0.717, 1.165) is 18.7 Å². The molecule has 4 heteroatoms. The number of benzene rings is 1. The van der Waals surface area contributed by atoms with Crippen molar-refractivity contribution in [2.75, 3.05) is 12.3 Å². The molecule has 1 heterocycles. The molecule has 2 rings (SSSR count). The lowest BCUT2D eigenvalue weighted by Gasteiger charge is -2.14. The van der Waals surface area contributed by atoms with Crippen LogP contribution in [0.4, 0.5) is 5.69 Å². The van der Waals surface area contributed by atoms with Gasteiger partial charge in [-0.2, -0.15) is 4.58 Å². The maximum absolute atomic E-state index is 7.22. The summed E-state index contributed by atoms with van der Waals surface area (Å²) in [6.07, 6.45) is 1.03. The van der Waals surface area contributed by atoms with Crippen molar-refractivity contribution in [2.24, 2.45) is 5.73 Å². The van der Waals surface area contributed by atoms with Crippen molar-refractivity contribution in [3.8, 4) is 0 Å². The van der Waals surface area contributed by atoms with Gasteiger partial charge in [-0.25, -0.2) is 0 Å². The summed E-state index contributed by atoms with van der Waals surface area (Å²) in [6, 6.07) is 8.64. The monoisotopic (exact) mass is 276 g/mol. The SMILES string of the molecule is CC1=[N+](CCCSC(=N)N)c2ccccc2C1(C)C. The second kappa shape index (κ2) is 5.37. The quantitative estimate of drug-likeness (QED) is 0.384. The molecule has 0 aromatic heterocycles. The fourth-order valence-electron chi connectivity index (χ4n) is 2.64. The minimum atomic E-state index is 0.115. The first kappa shape index (κ1) is 14.1. The van der Waals surface area contributed by atoms with Gasteiger partial charge < -0.3 is 5.73 Å². The van der Waals surface area contributed by atoms with E-state index < -0.39 is 0 Å². The number of thioether (sulfide) groups is 1. The predicted octanol–water partition coefficient (Wildman–Crippen LogP) is 3.10. The van der Waals surface area contributed by atoms with Gasteiger partial charge in [0, 0.05) is 30.7 Å². The third-order valence-corrected chi connectivity index (χ3v) is 4.77. The number of fused-ring (bicyclic) bond motifs is 1. The molecule has 1 aromatic rings. The van der Waals surface area contributed by atoms with Gasteiger partial charge in [0.25, 0.3) is 0 Å². The van der Waals surface area contributed by atoms with Crippen molar-refractivity contribution in [1.29, 1.82) is 5.41 Å². The number of rotatable bonds is 4. The van der Waals surface area contributed by atoms with Gasteiger partial charge in [0.1, 0.15) is 6.54 Å². The molecular formula is C15H22N3S+. The van der Waals surface area contributed by atoms with E-state index in [-0.39, 0.29) is 10.6 Å². The van der Waals surface area contributed by atoms with Gasteiger partial charge in [0.05, 0.1) is 5.41 Å². The van der Waals surface area contributed by atoms with Crippen LogP contribution in [0.1, 0.15) is 32.8 Å². The van der Waals surface area contributed by atoms with E-state index in [4.69, 9.17) is 11.1 Å². The van der Waals surface area contributed by atoms with Gasteiger partial charge in [-0.15, -0.1) is 0 Å². The van der Waals surface area contributed by atoms with Crippen molar-refractivity contribution in [2.45, 2.75) is 32.6 Å². The topological polar surface area (TPSA) is 52.9 Å². The molecule has 1 aliphatic rings. The number of hydrogen-bond acceptors (Lipinski definition) is 2. The number of para-hydroxylation sites is 1. The van der Waals surface area contributed by atoms with Gasteiger partial charge in [0.2, 0.25) is 5.69 Å². The van der Waals surface area contributed by atoms with Gasteiger partial charge in [-0.3, -0.25) is 5.41 Å². The molecule has 3 nitrogen and oxygen atoms in total. The first-order valence-electron chi connectivity index (χ1n) is 6.62. The van der Waals surface area contributed by atoms with Gasteiger partial charge in [-0.05, 0) is 13.8 Å². The normalized spacial score (nSPS) is 16.6. The van der Waals surface area contributed by atoms with E-state index in [9.17, 15) is 0 Å². The molecule has 1 aliphatic heterocycles. The van der Waals surface area contributed by atoms with Crippen molar-refractivity contribution in [3.63, 3.8) is 0 Å². The molecule has 0 fully saturated rings. The largest absolute Gasteiger partial charge is 0.379 e. The summed E-state index contributed by atoms with van der Waals surface area (Å²) in [5, 5.41) is 7.43. The maximum Gasteiger partial charge on any atom is 0.209 e. The molecule has 19 heavy (non-hydrogen) atoms. The third-order valence-electron chi connectivity index (χ3n) is 3.96. The van der Waals surface area contributed by atoms with Gasteiger partial charge in [0.15, 0.2) is 10.9 Å². The molecule has 1 aromatic carbocycles. The van der Waals surface area contributed by atoms with Gasteiger partial charge >= 0.3 is 0 Å². The smallest absolute Gasteiger partial charge is 0.209 e. The summed E-state index contributed by atoms with van der Waals surface area (Å²) in [4.78, 5) is 0. The number of amidine groups is 1. The number of nitrogens with one attached hydrogen (secondary N) is 1. The van der Waals surface area contributed by atoms with Crippen molar-refractivity contribution in [1.82, 2.24) is 0 Å². The average Bonchev–Trinajstić information content (AvgIpc) is 2.55. The van der Waals surface area contributed by atoms with E-state index in [1.807, 2.05) is 0 Å². The van der Waals surface area contributed by atoms with Crippen LogP contribution in [-0.4, -0.2) is 27.8 Å². The number of hydrogen-bond donors (Lipinski definition) is 2. The van der Waals surface area contributed by atoms with Crippen molar-refractivity contribution in [3.05, 3.63) is 29.8 Å². The lowest BCUT2D eigenvalue weighted by molar-refractivity contribution is -0.438. The lowest BCUT2D eigenvalue weighted by Crippen LogP contribution is -2.26. The molecule has 102 valence electrons. The Bertz CT molecular complexity index is 532. The molecule has 0 saturated carbocycles. The molecule has 0 spiro atoms. The lowest BCUT2D eigenvalue weighted by atomic mass is 9.82. The van der Waals surface area contributed by atoms with Crippen molar-refractivity contribution >= 4 is 28.3 Å². The summed E-state index contributed by atoms with van der Waals surface area (Å²) in [5.74, 6) is 0.904.